The summed E-state index contributed by atoms with van der Waals surface area (Å²) in [6.07, 6.45) is 1.53. The summed E-state index contributed by atoms with van der Waals surface area (Å²) in [5, 5.41) is 12.3. The number of ether oxygens (including phenoxy) is 2. The molecule has 0 aliphatic heterocycles. The molecule has 2 aromatic heterocycles. The Kier molecular flexibility index (Phi) is 4.29. The van der Waals surface area contributed by atoms with Crippen LogP contribution in [0.5, 0.6) is 11.5 Å². The molecular weight excluding hydrogens is 306 g/mol. The normalized spacial score (nSPS) is 10.6. The first-order chi connectivity index (χ1) is 10.8. The zero-order valence-electron chi connectivity index (χ0n) is 12.0. The molecule has 0 atom stereocenters. The summed E-state index contributed by atoms with van der Waals surface area (Å²) in [7, 11) is 3.18. The van der Waals surface area contributed by atoms with Gasteiger partial charge in [-0.2, -0.15) is 0 Å². The molecule has 0 saturated carbocycles. The third-order valence-electron chi connectivity index (χ3n) is 2.84. The largest absolute Gasteiger partial charge is 0.497 e. The van der Waals surface area contributed by atoms with E-state index in [2.05, 4.69) is 15.4 Å². The summed E-state index contributed by atoms with van der Waals surface area (Å²) in [5.74, 6) is 2.31. The van der Waals surface area contributed by atoms with Crippen molar-refractivity contribution in [2.24, 2.45) is 0 Å². The molecule has 3 rings (SSSR count). The topological polar surface area (TPSA) is 83.4 Å². The highest BCUT2D eigenvalue weighted by molar-refractivity contribution is 7.98. The molecular formula is C14H13N3O4S. The van der Waals surface area contributed by atoms with Crippen LogP contribution in [0.3, 0.4) is 0 Å². The number of aromatic nitrogens is 3. The van der Waals surface area contributed by atoms with Crippen LogP contribution in [0.2, 0.25) is 0 Å². The number of benzene rings is 1. The molecule has 0 fully saturated rings. The Labute approximate surface area is 130 Å². The molecule has 114 valence electrons. The summed E-state index contributed by atoms with van der Waals surface area (Å²) < 4.78 is 20.9. The Bertz CT molecular complexity index is 720. The number of hydrogen-bond acceptors (Lipinski definition) is 8. The molecule has 0 unspecified atom stereocenters. The van der Waals surface area contributed by atoms with Crippen molar-refractivity contribution < 1.29 is 18.4 Å². The summed E-state index contributed by atoms with van der Waals surface area (Å²) in [4.78, 5) is 0. The minimum Gasteiger partial charge on any atom is -0.497 e. The molecule has 22 heavy (non-hydrogen) atoms. The van der Waals surface area contributed by atoms with Gasteiger partial charge in [0.05, 0.1) is 19.9 Å². The van der Waals surface area contributed by atoms with Crippen molar-refractivity contribution in [3.8, 4) is 23.0 Å². The first-order valence-corrected chi connectivity index (χ1v) is 7.36. The van der Waals surface area contributed by atoms with E-state index in [1.165, 1.54) is 18.0 Å². The highest BCUT2D eigenvalue weighted by Gasteiger charge is 2.12. The van der Waals surface area contributed by atoms with Crippen molar-refractivity contribution in [3.05, 3.63) is 36.2 Å². The minimum atomic E-state index is 0.403. The number of thioether (sulfide) groups is 1. The highest BCUT2D eigenvalue weighted by Crippen LogP contribution is 2.31. The molecule has 0 spiro atoms. The molecule has 0 bridgehead atoms. The first-order valence-electron chi connectivity index (χ1n) is 6.37. The van der Waals surface area contributed by atoms with Crippen LogP contribution in [0.15, 0.2) is 44.7 Å². The van der Waals surface area contributed by atoms with Gasteiger partial charge in [-0.15, -0.1) is 10.2 Å². The minimum absolute atomic E-state index is 0.403. The van der Waals surface area contributed by atoms with E-state index in [4.69, 9.17) is 18.4 Å². The van der Waals surface area contributed by atoms with Crippen molar-refractivity contribution in [3.63, 3.8) is 0 Å². The molecule has 0 aliphatic rings. The molecule has 1 aromatic carbocycles. The second-order valence-electron chi connectivity index (χ2n) is 4.25. The van der Waals surface area contributed by atoms with E-state index in [-0.39, 0.29) is 0 Å². The first kappa shape index (κ1) is 14.5. The molecule has 3 aromatic rings. The van der Waals surface area contributed by atoms with Gasteiger partial charge in [-0.1, -0.05) is 16.9 Å². The maximum atomic E-state index is 5.64. The zero-order chi connectivity index (χ0) is 15.4. The lowest BCUT2D eigenvalue weighted by Crippen LogP contribution is -1.88. The third kappa shape index (κ3) is 3.22. The second-order valence-corrected chi connectivity index (χ2v) is 5.18. The fourth-order valence-electron chi connectivity index (χ4n) is 1.76. The predicted molar refractivity (Wildman–Crippen MR) is 78.9 cm³/mol. The maximum Gasteiger partial charge on any atom is 0.277 e. The van der Waals surface area contributed by atoms with Crippen LogP contribution in [0, 0.1) is 0 Å². The van der Waals surface area contributed by atoms with E-state index < -0.39 is 0 Å². The lowest BCUT2D eigenvalue weighted by molar-refractivity contribution is 0.394. The van der Waals surface area contributed by atoms with Gasteiger partial charge < -0.3 is 18.4 Å². The second kappa shape index (κ2) is 6.52. The predicted octanol–water partition coefficient (Wildman–Crippen LogP) is 3.03. The molecule has 0 N–H and O–H groups in total. The van der Waals surface area contributed by atoms with Crippen molar-refractivity contribution >= 4 is 11.8 Å². The number of hydrogen-bond donors (Lipinski definition) is 0. The smallest absolute Gasteiger partial charge is 0.277 e. The van der Waals surface area contributed by atoms with Crippen LogP contribution in [0.4, 0.5) is 0 Å². The summed E-state index contributed by atoms with van der Waals surface area (Å²) in [6.45, 7) is 0. The van der Waals surface area contributed by atoms with Gasteiger partial charge in [-0.25, -0.2) is 0 Å². The van der Waals surface area contributed by atoms with Crippen molar-refractivity contribution in [1.29, 1.82) is 0 Å². The molecule has 0 amide bonds. The molecule has 0 radical (unpaired) electrons. The third-order valence-corrected chi connectivity index (χ3v) is 3.69. The lowest BCUT2D eigenvalue weighted by Gasteiger charge is -2.05. The average Bonchev–Trinajstić information content (AvgIpc) is 3.23. The standard InChI is InChI=1S/C14H13N3O4S/c1-18-11-5-9(6-12(7-11)19-2)13-15-16-14(21-13)22-8-10-3-4-20-17-10/h3-7H,8H2,1-2H3. The Hall–Kier alpha value is -2.48. The van der Waals surface area contributed by atoms with E-state index in [9.17, 15) is 0 Å². The van der Waals surface area contributed by atoms with Crippen molar-refractivity contribution in [2.45, 2.75) is 11.0 Å². The Morgan fingerprint density at radius 2 is 1.86 bits per heavy atom. The van der Waals surface area contributed by atoms with Gasteiger partial charge in [0, 0.05) is 23.4 Å². The summed E-state index contributed by atoms with van der Waals surface area (Å²) in [5.41, 5.74) is 1.55. The van der Waals surface area contributed by atoms with E-state index in [0.717, 1.165) is 11.3 Å². The van der Waals surface area contributed by atoms with Crippen LogP contribution in [-0.2, 0) is 5.75 Å². The van der Waals surface area contributed by atoms with Crippen LogP contribution >= 0.6 is 11.8 Å². The van der Waals surface area contributed by atoms with Crippen LogP contribution in [0.1, 0.15) is 5.69 Å². The van der Waals surface area contributed by atoms with Gasteiger partial charge in [0.15, 0.2) is 0 Å². The molecule has 8 heteroatoms. The number of nitrogens with zero attached hydrogens (tertiary/aromatic N) is 3. The van der Waals surface area contributed by atoms with Gasteiger partial charge in [0.2, 0.25) is 5.89 Å². The maximum absolute atomic E-state index is 5.64. The molecule has 7 nitrogen and oxygen atoms in total. The Balaban J connectivity index is 1.78. The van der Waals surface area contributed by atoms with Gasteiger partial charge in [-0.3, -0.25) is 0 Å². The average molecular weight is 319 g/mol. The van der Waals surface area contributed by atoms with E-state index in [1.807, 2.05) is 12.1 Å². The molecule has 2 heterocycles. The summed E-state index contributed by atoms with van der Waals surface area (Å²) in [6, 6.07) is 7.18. The quantitative estimate of drug-likeness (QED) is 0.641. The van der Waals surface area contributed by atoms with Gasteiger partial charge in [-0.05, 0) is 12.1 Å². The van der Waals surface area contributed by atoms with Crippen molar-refractivity contribution in [2.75, 3.05) is 14.2 Å². The van der Waals surface area contributed by atoms with E-state index in [1.54, 1.807) is 26.4 Å². The Morgan fingerprint density at radius 1 is 1.09 bits per heavy atom. The Morgan fingerprint density at radius 3 is 2.50 bits per heavy atom. The van der Waals surface area contributed by atoms with E-state index >= 15 is 0 Å². The van der Waals surface area contributed by atoms with Crippen molar-refractivity contribution in [1.82, 2.24) is 15.4 Å². The number of methoxy groups -OCH3 is 2. The summed E-state index contributed by atoms with van der Waals surface area (Å²) >= 11 is 1.39. The fraction of sp³-hybridized carbons (Fsp3) is 0.214. The van der Waals surface area contributed by atoms with Gasteiger partial charge in [0.25, 0.3) is 5.22 Å². The van der Waals surface area contributed by atoms with Crippen LogP contribution in [0.25, 0.3) is 11.5 Å². The van der Waals surface area contributed by atoms with Gasteiger partial charge >= 0.3 is 0 Å². The highest BCUT2D eigenvalue weighted by atomic mass is 32.2. The number of rotatable bonds is 6. The zero-order valence-corrected chi connectivity index (χ0v) is 12.8. The SMILES string of the molecule is COc1cc(OC)cc(-c2nnc(SCc3ccon3)o2)c1. The molecule has 0 aliphatic carbocycles. The van der Waals surface area contributed by atoms with Crippen LogP contribution < -0.4 is 9.47 Å². The molecule has 0 saturated heterocycles. The monoisotopic (exact) mass is 319 g/mol. The van der Waals surface area contributed by atoms with E-state index in [0.29, 0.717) is 28.4 Å². The fourth-order valence-corrected chi connectivity index (χ4v) is 2.42. The lowest BCUT2D eigenvalue weighted by atomic mass is 10.2. The van der Waals surface area contributed by atoms with Crippen LogP contribution in [-0.4, -0.2) is 29.6 Å². The van der Waals surface area contributed by atoms with Gasteiger partial charge in [0.1, 0.15) is 17.8 Å².